The molecule has 2 N–H and O–H groups in total. The molecule has 0 aliphatic carbocycles. The number of rotatable bonds is 2. The fourth-order valence-corrected chi connectivity index (χ4v) is 4.36. The fraction of sp³-hybridized carbons (Fsp3) is 0.611. The van der Waals surface area contributed by atoms with E-state index >= 15 is 0 Å². The topological polar surface area (TPSA) is 93.7 Å². The van der Waals surface area contributed by atoms with Gasteiger partial charge in [-0.25, -0.2) is 0 Å². The van der Waals surface area contributed by atoms with Gasteiger partial charge in [0.25, 0.3) is 5.91 Å². The van der Waals surface area contributed by atoms with Crippen molar-refractivity contribution in [2.75, 3.05) is 26.7 Å². The highest BCUT2D eigenvalue weighted by atomic mass is 16.4. The third kappa shape index (κ3) is 3.20. The number of aromatic nitrogens is 1. The minimum atomic E-state index is -0.778. The number of hydrogen-bond acceptors (Lipinski definition) is 4. The van der Waals surface area contributed by atoms with Crippen LogP contribution in [0.1, 0.15) is 41.0 Å². The Balaban J connectivity index is 1.72. The highest BCUT2D eigenvalue weighted by Gasteiger charge is 2.47. The Hall–Kier alpha value is -2.15. The zero-order valence-electron chi connectivity index (χ0n) is 15.0. The van der Waals surface area contributed by atoms with Crippen LogP contribution in [0.5, 0.6) is 0 Å². The van der Waals surface area contributed by atoms with Crippen LogP contribution in [0.25, 0.3) is 0 Å². The first-order valence-corrected chi connectivity index (χ1v) is 8.65. The number of aryl methyl sites for hydroxylation is 2. The number of nitrogens with one attached hydrogen (secondary N) is 1. The number of pyridine rings is 1. The van der Waals surface area contributed by atoms with Gasteiger partial charge in [-0.3, -0.25) is 19.3 Å². The number of amides is 1. The molecule has 7 nitrogen and oxygen atoms in total. The van der Waals surface area contributed by atoms with Gasteiger partial charge in [0.1, 0.15) is 11.6 Å². The van der Waals surface area contributed by atoms with Gasteiger partial charge in [-0.05, 0) is 45.6 Å². The maximum atomic E-state index is 12.8. The van der Waals surface area contributed by atoms with E-state index in [0.717, 1.165) is 25.1 Å². The Morgan fingerprint density at radius 1 is 1.28 bits per heavy atom. The molecule has 2 aliphatic heterocycles. The maximum Gasteiger partial charge on any atom is 0.320 e. The molecule has 0 aromatic carbocycles. The average molecular weight is 347 g/mol. The Bertz CT molecular complexity index is 762. The van der Waals surface area contributed by atoms with Crippen molar-refractivity contribution in [1.29, 1.82) is 0 Å². The first kappa shape index (κ1) is 17.7. The Labute approximate surface area is 146 Å². The summed E-state index contributed by atoms with van der Waals surface area (Å²) in [5.41, 5.74) is 1.27. The van der Waals surface area contributed by atoms with Crippen LogP contribution in [-0.2, 0) is 4.79 Å². The van der Waals surface area contributed by atoms with Crippen molar-refractivity contribution >= 4 is 11.9 Å². The average Bonchev–Trinajstić information content (AvgIpc) is 2.83. The number of carboxylic acid groups (broad SMARTS) is 1. The zero-order valence-corrected chi connectivity index (χ0v) is 15.0. The SMILES string of the molecule is Cc1cc(=O)c(C(=O)N2CCC3(CC2)C[C@@H](C(=O)O)N(C)C3)c(C)[nH]1. The summed E-state index contributed by atoms with van der Waals surface area (Å²) in [6.45, 7) is 5.41. The number of likely N-dealkylation sites (N-methyl/N-ethyl adjacent to an activating group) is 1. The van der Waals surface area contributed by atoms with Crippen molar-refractivity contribution in [3.8, 4) is 0 Å². The summed E-state index contributed by atoms with van der Waals surface area (Å²) in [6, 6.07) is 1.01. The van der Waals surface area contributed by atoms with Crippen LogP contribution in [0.4, 0.5) is 0 Å². The molecule has 3 heterocycles. The molecule has 1 aromatic rings. The summed E-state index contributed by atoms with van der Waals surface area (Å²) in [5.74, 6) is -1.01. The van der Waals surface area contributed by atoms with E-state index in [1.54, 1.807) is 18.7 Å². The maximum absolute atomic E-state index is 12.8. The molecule has 2 aliphatic rings. The zero-order chi connectivity index (χ0) is 18.4. The third-order valence-electron chi connectivity index (χ3n) is 5.71. The van der Waals surface area contributed by atoms with E-state index in [0.29, 0.717) is 25.2 Å². The fourth-order valence-electron chi connectivity index (χ4n) is 4.36. The minimum absolute atomic E-state index is 0.0384. The smallest absolute Gasteiger partial charge is 0.320 e. The second-order valence-corrected chi connectivity index (χ2v) is 7.58. The second kappa shape index (κ2) is 6.29. The van der Waals surface area contributed by atoms with E-state index in [-0.39, 0.29) is 22.3 Å². The third-order valence-corrected chi connectivity index (χ3v) is 5.71. The summed E-state index contributed by atoms with van der Waals surface area (Å²) >= 11 is 0. The molecule has 136 valence electrons. The molecule has 0 unspecified atom stereocenters. The number of carboxylic acids is 1. The molecule has 1 spiro atoms. The molecular weight excluding hydrogens is 322 g/mol. The highest BCUT2D eigenvalue weighted by molar-refractivity contribution is 5.95. The molecule has 0 bridgehead atoms. The number of nitrogens with zero attached hydrogens (tertiary/aromatic N) is 2. The van der Waals surface area contributed by atoms with Crippen molar-refractivity contribution in [1.82, 2.24) is 14.8 Å². The Morgan fingerprint density at radius 2 is 1.92 bits per heavy atom. The predicted molar refractivity (Wildman–Crippen MR) is 92.8 cm³/mol. The molecular formula is C18H25N3O4. The van der Waals surface area contributed by atoms with E-state index in [4.69, 9.17) is 0 Å². The van der Waals surface area contributed by atoms with Crippen molar-refractivity contribution < 1.29 is 14.7 Å². The van der Waals surface area contributed by atoms with Crippen molar-refractivity contribution in [3.05, 3.63) is 33.2 Å². The summed E-state index contributed by atoms with van der Waals surface area (Å²) in [4.78, 5) is 43.0. The van der Waals surface area contributed by atoms with E-state index in [1.165, 1.54) is 6.07 Å². The molecule has 25 heavy (non-hydrogen) atoms. The number of aromatic amines is 1. The lowest BCUT2D eigenvalue weighted by molar-refractivity contribution is -0.141. The van der Waals surface area contributed by atoms with Crippen molar-refractivity contribution in [2.45, 2.75) is 39.2 Å². The van der Waals surface area contributed by atoms with Crippen LogP contribution in [0.15, 0.2) is 10.9 Å². The number of likely N-dealkylation sites (tertiary alicyclic amines) is 2. The second-order valence-electron chi connectivity index (χ2n) is 7.58. The van der Waals surface area contributed by atoms with Crippen molar-refractivity contribution in [2.24, 2.45) is 5.41 Å². The van der Waals surface area contributed by atoms with Gasteiger partial charge >= 0.3 is 5.97 Å². The Morgan fingerprint density at radius 3 is 2.44 bits per heavy atom. The number of hydrogen-bond donors (Lipinski definition) is 2. The molecule has 1 atom stereocenters. The monoisotopic (exact) mass is 347 g/mol. The molecule has 1 aromatic heterocycles. The predicted octanol–water partition coefficient (Wildman–Crippen LogP) is 1.00. The molecule has 7 heteroatoms. The van der Waals surface area contributed by atoms with E-state index in [9.17, 15) is 19.5 Å². The number of carbonyl (C=O) groups excluding carboxylic acids is 1. The van der Waals surface area contributed by atoms with Crippen molar-refractivity contribution in [3.63, 3.8) is 0 Å². The van der Waals surface area contributed by atoms with Crippen LogP contribution in [0.3, 0.4) is 0 Å². The van der Waals surface area contributed by atoms with E-state index < -0.39 is 12.0 Å². The van der Waals surface area contributed by atoms with E-state index in [2.05, 4.69) is 4.98 Å². The van der Waals surface area contributed by atoms with Gasteiger partial charge < -0.3 is 15.0 Å². The molecule has 0 saturated carbocycles. The first-order valence-electron chi connectivity index (χ1n) is 8.65. The van der Waals surface area contributed by atoms with Crippen LogP contribution < -0.4 is 5.43 Å². The van der Waals surface area contributed by atoms with Gasteiger partial charge in [0.15, 0.2) is 5.43 Å². The van der Waals surface area contributed by atoms with E-state index in [1.807, 2.05) is 11.9 Å². The highest BCUT2D eigenvalue weighted by Crippen LogP contribution is 2.43. The molecule has 2 saturated heterocycles. The summed E-state index contributed by atoms with van der Waals surface area (Å²) in [5, 5.41) is 9.33. The van der Waals surface area contributed by atoms with Gasteiger partial charge in [-0.15, -0.1) is 0 Å². The van der Waals surface area contributed by atoms with Gasteiger partial charge in [-0.2, -0.15) is 0 Å². The largest absolute Gasteiger partial charge is 0.480 e. The lowest BCUT2D eigenvalue weighted by atomic mass is 9.76. The van der Waals surface area contributed by atoms with Crippen LogP contribution in [-0.4, -0.2) is 64.5 Å². The van der Waals surface area contributed by atoms with Gasteiger partial charge in [0.05, 0.1) is 0 Å². The molecule has 2 fully saturated rings. The van der Waals surface area contributed by atoms with Crippen LogP contribution >= 0.6 is 0 Å². The number of H-pyrrole nitrogens is 1. The molecule has 3 rings (SSSR count). The summed E-state index contributed by atoms with van der Waals surface area (Å²) < 4.78 is 0. The van der Waals surface area contributed by atoms with Crippen LogP contribution in [0.2, 0.25) is 0 Å². The standard InChI is InChI=1S/C18H25N3O4/c1-11-8-14(22)15(12(2)19-11)16(23)21-6-4-18(5-7-21)9-13(17(24)25)20(3)10-18/h8,13H,4-7,9-10H2,1-3H3,(H,19,22)(H,24,25)/t13-/m0/s1. The minimum Gasteiger partial charge on any atom is -0.480 e. The van der Waals surface area contributed by atoms with Crippen LogP contribution in [0, 0.1) is 19.3 Å². The molecule has 1 amide bonds. The lowest BCUT2D eigenvalue weighted by Gasteiger charge is -2.39. The van der Waals surface area contributed by atoms with Gasteiger partial charge in [0.2, 0.25) is 0 Å². The number of piperidine rings is 1. The quantitative estimate of drug-likeness (QED) is 0.832. The summed E-state index contributed by atoms with van der Waals surface area (Å²) in [7, 11) is 1.85. The Kier molecular flexibility index (Phi) is 4.45. The lowest BCUT2D eigenvalue weighted by Crippen LogP contribution is -2.45. The number of aliphatic carboxylic acids is 1. The normalized spacial score (nSPS) is 23.2. The summed E-state index contributed by atoms with van der Waals surface area (Å²) in [6.07, 6.45) is 2.18. The van der Waals surface area contributed by atoms with Gasteiger partial charge in [0, 0.05) is 37.1 Å². The molecule has 0 radical (unpaired) electrons. The van der Waals surface area contributed by atoms with Gasteiger partial charge in [-0.1, -0.05) is 0 Å². The first-order chi connectivity index (χ1) is 11.7. The number of carbonyl (C=O) groups is 2.